The Hall–Kier alpha value is -3.47. The molecule has 0 amide bonds. The third-order valence-electron chi connectivity index (χ3n) is 4.10. The van der Waals surface area contributed by atoms with Gasteiger partial charge in [-0.25, -0.2) is 0 Å². The first-order valence-electron chi connectivity index (χ1n) is 9.44. The zero-order valence-electron chi connectivity index (χ0n) is 18.4. The van der Waals surface area contributed by atoms with Crippen LogP contribution in [0, 0.1) is 0 Å². The normalized spacial score (nSPS) is 13.6. The molecule has 2 rings (SSSR count). The van der Waals surface area contributed by atoms with E-state index in [1.807, 2.05) is 0 Å². The minimum Gasteiger partial charge on any atom is -0.504 e. The summed E-state index contributed by atoms with van der Waals surface area (Å²) in [6, 6.07) is 10.7. The van der Waals surface area contributed by atoms with Crippen molar-refractivity contribution in [3.05, 3.63) is 83.3 Å². The minimum atomic E-state index is -5.52. The molecule has 0 aliphatic rings. The summed E-state index contributed by atoms with van der Waals surface area (Å²) in [6.07, 6.45) is -22.0. The fraction of sp³-hybridized carbons (Fsp3) is 0.182. The monoisotopic (exact) mass is 627 g/mol. The van der Waals surface area contributed by atoms with Crippen LogP contribution in [0.4, 0.5) is 52.7 Å². The maximum atomic E-state index is 12.3. The first kappa shape index (κ1) is 35.5. The molecule has 0 heterocycles. The number of hydrogen-bond acceptors (Lipinski definition) is 4. The molecule has 2 aromatic carbocycles. The summed E-state index contributed by atoms with van der Waals surface area (Å²) in [6.45, 7) is 0. The molecule has 0 aliphatic heterocycles. The second-order valence-corrected chi connectivity index (χ2v) is 6.83. The van der Waals surface area contributed by atoms with Crippen LogP contribution in [0.3, 0.4) is 0 Å². The van der Waals surface area contributed by atoms with Gasteiger partial charge in [-0.05, 0) is 11.1 Å². The smallest absolute Gasteiger partial charge is 0.455 e. The number of allylic oxidation sites excluding steroid dienone is 4. The molecule has 39 heavy (non-hydrogen) atoms. The number of halogens is 12. The van der Waals surface area contributed by atoms with E-state index in [2.05, 4.69) is 0 Å². The van der Waals surface area contributed by atoms with Crippen LogP contribution in [0.1, 0.15) is 11.1 Å². The Bertz CT molecular complexity index is 1100. The number of alkyl halides is 12. The molecule has 0 spiro atoms. The molecule has 0 bridgehead atoms. The van der Waals surface area contributed by atoms with Crippen LogP contribution in [0.2, 0.25) is 0 Å². The fourth-order valence-electron chi connectivity index (χ4n) is 2.53. The Morgan fingerprint density at radius 1 is 0.462 bits per heavy atom. The zero-order valence-corrected chi connectivity index (χ0v) is 19.4. The van der Waals surface area contributed by atoms with Crippen LogP contribution in [-0.2, 0) is 26.4 Å². The van der Waals surface area contributed by atoms with Crippen LogP contribution < -0.4 is 0 Å². The number of rotatable bonds is 4. The van der Waals surface area contributed by atoms with Gasteiger partial charge in [0.25, 0.3) is 11.6 Å². The SMILES string of the molecule is O=C(/C(=C(\O)C(F)(F)F)c1ccccc1)C(F)(F)F.O=C(/C(=C(\O)C(F)(F)F)c1ccccc1)C(F)(F)F.[Co]. The van der Waals surface area contributed by atoms with Gasteiger partial charge in [-0.3, -0.25) is 9.59 Å². The number of hydrogen-bond donors (Lipinski definition) is 2. The molecule has 0 atom stereocenters. The summed E-state index contributed by atoms with van der Waals surface area (Å²) in [5.74, 6) is -10.6. The fourth-order valence-corrected chi connectivity index (χ4v) is 2.53. The van der Waals surface area contributed by atoms with Crippen LogP contribution in [0.25, 0.3) is 11.1 Å². The van der Waals surface area contributed by atoms with Crippen molar-refractivity contribution in [2.45, 2.75) is 24.7 Å². The third-order valence-corrected chi connectivity index (χ3v) is 4.10. The van der Waals surface area contributed by atoms with Crippen LogP contribution in [0.15, 0.2) is 72.2 Å². The number of Topliss-reactive ketones (excluding diaryl/α,β-unsaturated/α-hetero) is 2. The molecule has 2 aromatic rings. The Morgan fingerprint density at radius 3 is 0.872 bits per heavy atom. The van der Waals surface area contributed by atoms with Crippen molar-refractivity contribution in [2.75, 3.05) is 0 Å². The summed E-state index contributed by atoms with van der Waals surface area (Å²) in [5, 5.41) is 17.7. The number of carbonyl (C=O) groups excluding carboxylic acids is 2. The predicted octanol–water partition coefficient (Wildman–Crippen LogP) is 7.30. The van der Waals surface area contributed by atoms with Gasteiger partial charge in [0.2, 0.25) is 11.5 Å². The van der Waals surface area contributed by atoms with E-state index in [0.29, 0.717) is 0 Å². The quantitative estimate of drug-likeness (QED) is 0.212. The maximum absolute atomic E-state index is 12.3. The summed E-state index contributed by atoms with van der Waals surface area (Å²) < 4.78 is 147. The Morgan fingerprint density at radius 2 is 0.692 bits per heavy atom. The van der Waals surface area contributed by atoms with E-state index < -0.39 is 70.1 Å². The minimum absolute atomic E-state index is 0. The van der Waals surface area contributed by atoms with Gasteiger partial charge in [-0.15, -0.1) is 0 Å². The van der Waals surface area contributed by atoms with Gasteiger partial charge >= 0.3 is 24.7 Å². The number of aliphatic hydroxyl groups is 2. The summed E-state index contributed by atoms with van der Waals surface area (Å²) >= 11 is 0. The van der Waals surface area contributed by atoms with E-state index in [9.17, 15) is 62.3 Å². The molecule has 217 valence electrons. The number of carbonyl (C=O) groups is 2. The Labute approximate surface area is 220 Å². The molecule has 0 aromatic heterocycles. The predicted molar refractivity (Wildman–Crippen MR) is 106 cm³/mol. The number of aliphatic hydroxyl groups excluding tert-OH is 2. The van der Waals surface area contributed by atoms with E-state index in [0.717, 1.165) is 48.5 Å². The van der Waals surface area contributed by atoms with Gasteiger partial charge in [0.1, 0.15) is 0 Å². The van der Waals surface area contributed by atoms with Gasteiger partial charge in [0.15, 0.2) is 0 Å². The van der Waals surface area contributed by atoms with Crippen LogP contribution >= 0.6 is 0 Å². The van der Waals surface area contributed by atoms with E-state index in [-0.39, 0.29) is 16.8 Å². The Balaban J connectivity index is 0.000000722. The van der Waals surface area contributed by atoms with Crippen molar-refractivity contribution in [1.29, 1.82) is 0 Å². The van der Waals surface area contributed by atoms with Crippen molar-refractivity contribution in [2.24, 2.45) is 0 Å². The van der Waals surface area contributed by atoms with Crippen molar-refractivity contribution in [3.8, 4) is 0 Å². The van der Waals surface area contributed by atoms with Gasteiger partial charge < -0.3 is 10.2 Å². The van der Waals surface area contributed by atoms with Crippen molar-refractivity contribution >= 4 is 22.7 Å². The maximum Gasteiger partial charge on any atom is 0.455 e. The molecule has 0 fully saturated rings. The van der Waals surface area contributed by atoms with Gasteiger partial charge in [-0.1, -0.05) is 60.7 Å². The van der Waals surface area contributed by atoms with E-state index in [1.165, 1.54) is 12.1 Å². The second-order valence-electron chi connectivity index (χ2n) is 6.83. The standard InChI is InChI=1S/2C11H6F6O2.Co/c2*12-10(13,14)8(18)7(9(19)11(15,16)17)6-4-2-1-3-5-6;/h2*1-5,18H;/b2*8-7-;. The zero-order chi connectivity index (χ0) is 29.7. The molecular weight excluding hydrogens is 615 g/mol. The van der Waals surface area contributed by atoms with Gasteiger partial charge in [0, 0.05) is 16.8 Å². The molecule has 0 unspecified atom stereocenters. The van der Waals surface area contributed by atoms with E-state index >= 15 is 0 Å². The van der Waals surface area contributed by atoms with Gasteiger partial charge in [-0.2, -0.15) is 52.7 Å². The largest absolute Gasteiger partial charge is 0.504 e. The van der Waals surface area contributed by atoms with Gasteiger partial charge in [0.05, 0.1) is 11.1 Å². The Kier molecular flexibility index (Phi) is 11.9. The van der Waals surface area contributed by atoms with Crippen molar-refractivity contribution in [3.63, 3.8) is 0 Å². The average Bonchev–Trinajstić information content (AvgIpc) is 2.78. The van der Waals surface area contributed by atoms with Crippen LogP contribution in [0.5, 0.6) is 0 Å². The van der Waals surface area contributed by atoms with E-state index in [4.69, 9.17) is 10.2 Å². The number of benzene rings is 2. The molecular formula is C22H12CoF12O4. The third kappa shape index (κ3) is 9.97. The topological polar surface area (TPSA) is 74.6 Å². The average molecular weight is 627 g/mol. The summed E-state index contributed by atoms with van der Waals surface area (Å²) in [5.41, 5.74) is -4.97. The first-order chi connectivity index (χ1) is 17.1. The summed E-state index contributed by atoms with van der Waals surface area (Å²) in [4.78, 5) is 22.0. The second kappa shape index (κ2) is 13.1. The van der Waals surface area contributed by atoms with E-state index in [1.54, 1.807) is 0 Å². The molecule has 2 N–H and O–H groups in total. The first-order valence-corrected chi connectivity index (χ1v) is 9.44. The number of ketones is 2. The van der Waals surface area contributed by atoms with Crippen molar-refractivity contribution < 1.29 is 89.3 Å². The van der Waals surface area contributed by atoms with Crippen molar-refractivity contribution in [1.82, 2.24) is 0 Å². The molecule has 0 saturated heterocycles. The summed E-state index contributed by atoms with van der Waals surface area (Å²) in [7, 11) is 0. The molecule has 1 radical (unpaired) electrons. The molecule has 17 heteroatoms. The molecule has 4 nitrogen and oxygen atoms in total. The molecule has 0 saturated carbocycles. The molecule has 0 aliphatic carbocycles. The van der Waals surface area contributed by atoms with Crippen LogP contribution in [-0.4, -0.2) is 46.5 Å².